The maximum atomic E-state index is 12.0. The van der Waals surface area contributed by atoms with Crippen molar-refractivity contribution in [1.82, 2.24) is 0 Å². The van der Waals surface area contributed by atoms with Gasteiger partial charge in [-0.1, -0.05) is 42.8 Å². The number of aryl methyl sites for hydroxylation is 1. The summed E-state index contributed by atoms with van der Waals surface area (Å²) in [6.45, 7) is 2.10. The fourth-order valence-electron chi connectivity index (χ4n) is 2.05. The van der Waals surface area contributed by atoms with E-state index in [1.165, 1.54) is 12.7 Å². The molecule has 1 unspecified atom stereocenters. The highest BCUT2D eigenvalue weighted by molar-refractivity contribution is 6.30. The molecule has 0 aromatic heterocycles. The number of nitrogens with one attached hydrogen (secondary N) is 1. The Morgan fingerprint density at radius 3 is 2.29 bits per heavy atom. The summed E-state index contributed by atoms with van der Waals surface area (Å²) in [5.74, 6) is -0.325. The highest BCUT2D eigenvalue weighted by Crippen LogP contribution is 2.23. The predicted molar refractivity (Wildman–Crippen MR) is 85.7 cm³/mol. The summed E-state index contributed by atoms with van der Waals surface area (Å²) in [4.78, 5) is 12.0. The van der Waals surface area contributed by atoms with Crippen molar-refractivity contribution >= 4 is 23.3 Å². The van der Waals surface area contributed by atoms with Crippen molar-refractivity contribution in [3.05, 3.63) is 64.7 Å². The largest absolute Gasteiger partial charge is 0.467 e. The zero-order valence-electron chi connectivity index (χ0n) is 12.1. The minimum atomic E-state index is -0.540. The molecule has 0 heterocycles. The molecule has 0 amide bonds. The van der Waals surface area contributed by atoms with Crippen LogP contribution in [-0.2, 0) is 16.0 Å². The Hall–Kier alpha value is -2.00. The summed E-state index contributed by atoms with van der Waals surface area (Å²) >= 11 is 5.87. The molecule has 2 aromatic carbocycles. The minimum absolute atomic E-state index is 0.325. The zero-order valence-corrected chi connectivity index (χ0v) is 12.9. The fraction of sp³-hybridized carbons (Fsp3) is 0.235. The van der Waals surface area contributed by atoms with E-state index in [-0.39, 0.29) is 5.97 Å². The minimum Gasteiger partial charge on any atom is -0.467 e. The Labute approximate surface area is 129 Å². The van der Waals surface area contributed by atoms with E-state index in [0.29, 0.717) is 5.02 Å². The third-order valence-corrected chi connectivity index (χ3v) is 3.57. The van der Waals surface area contributed by atoms with Gasteiger partial charge >= 0.3 is 5.97 Å². The molecule has 0 aliphatic carbocycles. The molecule has 0 fully saturated rings. The first-order valence-electron chi connectivity index (χ1n) is 6.82. The first-order valence-corrected chi connectivity index (χ1v) is 7.20. The van der Waals surface area contributed by atoms with Crippen LogP contribution in [0, 0.1) is 0 Å². The average molecular weight is 304 g/mol. The number of halogens is 1. The van der Waals surface area contributed by atoms with Crippen molar-refractivity contribution in [2.24, 2.45) is 0 Å². The van der Waals surface area contributed by atoms with Gasteiger partial charge in [-0.3, -0.25) is 0 Å². The van der Waals surface area contributed by atoms with Crippen LogP contribution in [0.3, 0.4) is 0 Å². The number of hydrogen-bond donors (Lipinski definition) is 1. The number of ether oxygens (including phenoxy) is 1. The molecule has 4 heteroatoms. The molecular formula is C17H18ClNO2. The van der Waals surface area contributed by atoms with Crippen LogP contribution >= 0.6 is 11.6 Å². The third-order valence-electron chi connectivity index (χ3n) is 3.31. The SMILES string of the molecule is CCc1ccc(C(Nc2ccc(Cl)cc2)C(=O)OC)cc1. The monoisotopic (exact) mass is 303 g/mol. The van der Waals surface area contributed by atoms with Crippen molar-refractivity contribution in [2.45, 2.75) is 19.4 Å². The smallest absolute Gasteiger partial charge is 0.332 e. The van der Waals surface area contributed by atoms with Crippen molar-refractivity contribution in [3.63, 3.8) is 0 Å². The van der Waals surface area contributed by atoms with Crippen molar-refractivity contribution < 1.29 is 9.53 Å². The summed E-state index contributed by atoms with van der Waals surface area (Å²) in [6.07, 6.45) is 0.966. The summed E-state index contributed by atoms with van der Waals surface area (Å²) in [7, 11) is 1.39. The van der Waals surface area contributed by atoms with Crippen LogP contribution in [0.1, 0.15) is 24.1 Å². The fourth-order valence-corrected chi connectivity index (χ4v) is 2.18. The van der Waals surface area contributed by atoms with Crippen molar-refractivity contribution in [1.29, 1.82) is 0 Å². The lowest BCUT2D eigenvalue weighted by Crippen LogP contribution is -2.22. The second kappa shape index (κ2) is 7.14. The maximum absolute atomic E-state index is 12.0. The molecule has 0 saturated heterocycles. The van der Waals surface area contributed by atoms with Crippen LogP contribution in [0.4, 0.5) is 5.69 Å². The van der Waals surface area contributed by atoms with Gasteiger partial charge in [0.15, 0.2) is 6.04 Å². The predicted octanol–water partition coefficient (Wildman–Crippen LogP) is 4.23. The molecule has 1 atom stereocenters. The van der Waals surface area contributed by atoms with E-state index in [9.17, 15) is 4.79 Å². The van der Waals surface area contributed by atoms with Gasteiger partial charge in [0.2, 0.25) is 0 Å². The van der Waals surface area contributed by atoms with E-state index >= 15 is 0 Å². The molecule has 1 N–H and O–H groups in total. The van der Waals surface area contributed by atoms with Gasteiger partial charge in [0.1, 0.15) is 0 Å². The Morgan fingerprint density at radius 1 is 1.14 bits per heavy atom. The Morgan fingerprint density at radius 2 is 1.76 bits per heavy atom. The van der Waals surface area contributed by atoms with Crippen LogP contribution in [0.25, 0.3) is 0 Å². The number of anilines is 1. The second-order valence-corrected chi connectivity index (χ2v) is 5.14. The highest BCUT2D eigenvalue weighted by atomic mass is 35.5. The van der Waals surface area contributed by atoms with Gasteiger partial charge in [0.05, 0.1) is 7.11 Å². The molecule has 0 bridgehead atoms. The van der Waals surface area contributed by atoms with Crippen molar-refractivity contribution in [3.8, 4) is 0 Å². The van der Waals surface area contributed by atoms with E-state index in [1.54, 1.807) is 12.1 Å². The molecule has 3 nitrogen and oxygen atoms in total. The number of carbonyl (C=O) groups excluding carboxylic acids is 1. The number of hydrogen-bond acceptors (Lipinski definition) is 3. The maximum Gasteiger partial charge on any atom is 0.332 e. The van der Waals surface area contributed by atoms with E-state index in [4.69, 9.17) is 16.3 Å². The van der Waals surface area contributed by atoms with Gasteiger partial charge in [-0.2, -0.15) is 0 Å². The highest BCUT2D eigenvalue weighted by Gasteiger charge is 2.21. The van der Waals surface area contributed by atoms with Crippen LogP contribution in [0.2, 0.25) is 5.02 Å². The van der Waals surface area contributed by atoms with Gasteiger partial charge in [0.25, 0.3) is 0 Å². The molecule has 2 rings (SSSR count). The molecule has 0 spiro atoms. The van der Waals surface area contributed by atoms with Crippen LogP contribution in [-0.4, -0.2) is 13.1 Å². The number of methoxy groups -OCH3 is 1. The zero-order chi connectivity index (χ0) is 15.2. The summed E-state index contributed by atoms with van der Waals surface area (Å²) in [5, 5.41) is 3.83. The van der Waals surface area contributed by atoms with Gasteiger partial charge in [0, 0.05) is 10.7 Å². The van der Waals surface area contributed by atoms with E-state index in [2.05, 4.69) is 12.2 Å². The summed E-state index contributed by atoms with van der Waals surface area (Å²) in [6, 6.07) is 14.6. The van der Waals surface area contributed by atoms with Gasteiger partial charge < -0.3 is 10.1 Å². The second-order valence-electron chi connectivity index (χ2n) is 4.70. The summed E-state index contributed by atoms with van der Waals surface area (Å²) < 4.78 is 4.89. The van der Waals surface area contributed by atoms with E-state index in [1.807, 2.05) is 36.4 Å². The quantitative estimate of drug-likeness (QED) is 0.840. The Kier molecular flexibility index (Phi) is 5.23. The van der Waals surface area contributed by atoms with Gasteiger partial charge in [-0.05, 0) is 41.8 Å². The third kappa shape index (κ3) is 3.99. The molecule has 2 aromatic rings. The molecule has 0 radical (unpaired) electrons. The standard InChI is InChI=1S/C17H18ClNO2/c1-3-12-4-6-13(7-5-12)16(17(20)21-2)19-15-10-8-14(18)9-11-15/h4-11,16,19H,3H2,1-2H3. The molecule has 0 aliphatic rings. The van der Waals surface area contributed by atoms with E-state index < -0.39 is 6.04 Å². The Bertz CT molecular complexity index is 593. The first-order chi connectivity index (χ1) is 10.1. The molecular weight excluding hydrogens is 286 g/mol. The van der Waals surface area contributed by atoms with Crippen molar-refractivity contribution in [2.75, 3.05) is 12.4 Å². The molecule has 21 heavy (non-hydrogen) atoms. The molecule has 0 saturated carbocycles. The van der Waals surface area contributed by atoms with Crippen LogP contribution < -0.4 is 5.32 Å². The number of esters is 1. The lowest BCUT2D eigenvalue weighted by Gasteiger charge is -2.18. The lowest BCUT2D eigenvalue weighted by atomic mass is 10.0. The average Bonchev–Trinajstić information content (AvgIpc) is 2.54. The Balaban J connectivity index is 2.25. The topological polar surface area (TPSA) is 38.3 Å². The van der Waals surface area contributed by atoms with Crippen LogP contribution in [0.5, 0.6) is 0 Å². The molecule has 0 aliphatic heterocycles. The number of rotatable bonds is 5. The lowest BCUT2D eigenvalue weighted by molar-refractivity contribution is -0.141. The van der Waals surface area contributed by atoms with Crippen LogP contribution in [0.15, 0.2) is 48.5 Å². The van der Waals surface area contributed by atoms with E-state index in [0.717, 1.165) is 17.7 Å². The van der Waals surface area contributed by atoms with Gasteiger partial charge in [-0.25, -0.2) is 4.79 Å². The molecule has 110 valence electrons. The number of benzene rings is 2. The first kappa shape index (κ1) is 15.4. The van der Waals surface area contributed by atoms with Gasteiger partial charge in [-0.15, -0.1) is 0 Å². The normalized spacial score (nSPS) is 11.8. The number of carbonyl (C=O) groups is 1. The summed E-state index contributed by atoms with van der Waals surface area (Å²) in [5.41, 5.74) is 2.91.